The number of halogens is 2. The van der Waals surface area contributed by atoms with Crippen molar-refractivity contribution in [2.45, 2.75) is 6.42 Å². The van der Waals surface area contributed by atoms with E-state index in [1.165, 1.54) is 24.3 Å². The number of nitrogens with one attached hydrogen (secondary N) is 3. The Morgan fingerprint density at radius 2 is 1.88 bits per heavy atom. The molecular weight excluding hydrogens is 326 g/mol. The first-order valence-corrected chi connectivity index (χ1v) is 7.82. The third-order valence-corrected chi connectivity index (χ3v) is 3.39. The number of benzene rings is 2. The second-order valence-corrected chi connectivity index (χ2v) is 5.25. The van der Waals surface area contributed by atoms with E-state index >= 15 is 0 Å². The summed E-state index contributed by atoms with van der Waals surface area (Å²) in [4.78, 5) is 15.9. The molecule has 0 saturated heterocycles. The van der Waals surface area contributed by atoms with Gasteiger partial charge in [-0.2, -0.15) is 0 Å². The Balaban J connectivity index is 1.74. The zero-order valence-corrected chi connectivity index (χ0v) is 13.9. The van der Waals surface area contributed by atoms with Gasteiger partial charge in [-0.25, -0.2) is 8.78 Å². The normalized spacial score (nSPS) is 11.1. The lowest BCUT2D eigenvalue weighted by Crippen LogP contribution is -2.42. The van der Waals surface area contributed by atoms with Crippen LogP contribution >= 0.6 is 0 Å². The summed E-state index contributed by atoms with van der Waals surface area (Å²) in [6, 6.07) is 12.2. The largest absolute Gasteiger partial charge is 0.356 e. The number of guanidine groups is 1. The molecular formula is C18H20F2N4O. The van der Waals surface area contributed by atoms with Crippen LogP contribution in [0.2, 0.25) is 0 Å². The Morgan fingerprint density at radius 3 is 2.60 bits per heavy atom. The van der Waals surface area contributed by atoms with Gasteiger partial charge in [-0.3, -0.25) is 9.79 Å². The minimum Gasteiger partial charge on any atom is -0.356 e. The van der Waals surface area contributed by atoms with Gasteiger partial charge in [0.05, 0.1) is 6.54 Å². The number of anilines is 1. The topological polar surface area (TPSA) is 65.5 Å². The van der Waals surface area contributed by atoms with Crippen LogP contribution in [-0.4, -0.2) is 32.0 Å². The van der Waals surface area contributed by atoms with E-state index in [4.69, 9.17) is 0 Å². The number of aliphatic imine (C=N–C) groups is 1. The molecule has 2 aromatic carbocycles. The second kappa shape index (κ2) is 9.36. The van der Waals surface area contributed by atoms with Crippen LogP contribution in [0, 0.1) is 11.6 Å². The fourth-order valence-electron chi connectivity index (χ4n) is 2.17. The van der Waals surface area contributed by atoms with E-state index in [0.29, 0.717) is 30.2 Å². The average molecular weight is 346 g/mol. The van der Waals surface area contributed by atoms with Crippen LogP contribution in [0.25, 0.3) is 0 Å². The van der Waals surface area contributed by atoms with E-state index in [0.717, 1.165) is 0 Å². The molecule has 0 radical (unpaired) electrons. The minimum atomic E-state index is -0.420. The fourth-order valence-corrected chi connectivity index (χ4v) is 2.17. The SMILES string of the molecule is CN=C(NCCc1ccccc1F)NCC(=O)Nc1cccc(F)c1. The number of rotatable bonds is 6. The molecule has 0 aliphatic rings. The lowest BCUT2D eigenvalue weighted by molar-refractivity contribution is -0.115. The summed E-state index contributed by atoms with van der Waals surface area (Å²) in [5.41, 5.74) is 0.989. The number of hydrogen-bond acceptors (Lipinski definition) is 2. The molecule has 2 rings (SSSR count). The summed E-state index contributed by atoms with van der Waals surface area (Å²) in [5, 5.41) is 8.43. The van der Waals surface area contributed by atoms with Crippen molar-refractivity contribution in [1.29, 1.82) is 0 Å². The van der Waals surface area contributed by atoms with E-state index in [1.54, 1.807) is 31.3 Å². The standard InChI is InChI=1S/C18H20F2N4O/c1-21-18(22-10-9-13-5-2-3-8-16(13)20)23-12-17(25)24-15-7-4-6-14(19)11-15/h2-8,11H,9-10,12H2,1H3,(H,24,25)(H2,21,22,23). The van der Waals surface area contributed by atoms with Gasteiger partial charge in [0.1, 0.15) is 11.6 Å². The number of nitrogens with zero attached hydrogens (tertiary/aromatic N) is 1. The Kier molecular flexibility index (Phi) is 6.88. The maximum absolute atomic E-state index is 13.5. The summed E-state index contributed by atoms with van der Waals surface area (Å²) >= 11 is 0. The van der Waals surface area contributed by atoms with E-state index in [9.17, 15) is 13.6 Å². The van der Waals surface area contributed by atoms with Crippen molar-refractivity contribution >= 4 is 17.6 Å². The highest BCUT2D eigenvalue weighted by atomic mass is 19.1. The van der Waals surface area contributed by atoms with Crippen molar-refractivity contribution in [3.8, 4) is 0 Å². The lowest BCUT2D eigenvalue weighted by Gasteiger charge is -2.12. The van der Waals surface area contributed by atoms with Crippen molar-refractivity contribution in [2.75, 3.05) is 25.5 Å². The molecule has 0 fully saturated rings. The van der Waals surface area contributed by atoms with Crippen LogP contribution < -0.4 is 16.0 Å². The molecule has 0 atom stereocenters. The highest BCUT2D eigenvalue weighted by Gasteiger charge is 2.06. The Labute approximate surface area is 145 Å². The number of carbonyl (C=O) groups is 1. The van der Waals surface area contributed by atoms with E-state index in [2.05, 4.69) is 20.9 Å². The lowest BCUT2D eigenvalue weighted by atomic mass is 10.1. The first kappa shape index (κ1) is 18.4. The van der Waals surface area contributed by atoms with Gasteiger partial charge in [-0.1, -0.05) is 24.3 Å². The van der Waals surface area contributed by atoms with Crippen LogP contribution in [0.3, 0.4) is 0 Å². The quantitative estimate of drug-likeness (QED) is 0.555. The molecule has 0 unspecified atom stereocenters. The van der Waals surface area contributed by atoms with Crippen LogP contribution in [0.15, 0.2) is 53.5 Å². The van der Waals surface area contributed by atoms with Crippen molar-refractivity contribution < 1.29 is 13.6 Å². The summed E-state index contributed by atoms with van der Waals surface area (Å²) in [5.74, 6) is -0.577. The molecule has 7 heteroatoms. The summed E-state index contributed by atoms with van der Waals surface area (Å²) < 4.78 is 26.6. The van der Waals surface area contributed by atoms with Gasteiger partial charge in [0.15, 0.2) is 5.96 Å². The highest BCUT2D eigenvalue weighted by molar-refractivity contribution is 5.94. The molecule has 1 amide bonds. The van der Waals surface area contributed by atoms with E-state index in [1.807, 2.05) is 0 Å². The van der Waals surface area contributed by atoms with Crippen molar-refractivity contribution in [3.63, 3.8) is 0 Å². The van der Waals surface area contributed by atoms with Gasteiger partial charge in [0.2, 0.25) is 5.91 Å². The minimum absolute atomic E-state index is 0.0319. The maximum atomic E-state index is 13.5. The zero-order chi connectivity index (χ0) is 18.1. The third kappa shape index (κ3) is 6.21. The molecule has 0 aliphatic heterocycles. The summed E-state index contributed by atoms with van der Waals surface area (Å²) in [6.45, 7) is 0.433. The monoisotopic (exact) mass is 346 g/mol. The summed E-state index contributed by atoms with van der Waals surface area (Å²) in [6.07, 6.45) is 0.489. The van der Waals surface area contributed by atoms with Crippen LogP contribution in [0.4, 0.5) is 14.5 Å². The predicted octanol–water partition coefficient (Wildman–Crippen LogP) is 2.31. The Hall–Kier alpha value is -2.96. The van der Waals surface area contributed by atoms with Crippen molar-refractivity contribution in [3.05, 3.63) is 65.7 Å². The first-order chi connectivity index (χ1) is 12.1. The predicted molar refractivity (Wildman–Crippen MR) is 94.5 cm³/mol. The molecule has 25 heavy (non-hydrogen) atoms. The molecule has 0 spiro atoms. The molecule has 132 valence electrons. The van der Waals surface area contributed by atoms with E-state index in [-0.39, 0.29) is 18.3 Å². The van der Waals surface area contributed by atoms with Crippen molar-refractivity contribution in [2.24, 2.45) is 4.99 Å². The maximum Gasteiger partial charge on any atom is 0.243 e. The molecule has 2 aromatic rings. The van der Waals surface area contributed by atoms with Gasteiger partial charge in [-0.05, 0) is 36.2 Å². The van der Waals surface area contributed by atoms with Gasteiger partial charge < -0.3 is 16.0 Å². The van der Waals surface area contributed by atoms with Gasteiger partial charge >= 0.3 is 0 Å². The fraction of sp³-hybridized carbons (Fsp3) is 0.222. The van der Waals surface area contributed by atoms with Gasteiger partial charge in [-0.15, -0.1) is 0 Å². The van der Waals surface area contributed by atoms with Gasteiger partial charge in [0.25, 0.3) is 0 Å². The van der Waals surface area contributed by atoms with Crippen LogP contribution in [-0.2, 0) is 11.2 Å². The number of hydrogen-bond donors (Lipinski definition) is 3. The molecule has 0 saturated carbocycles. The molecule has 0 heterocycles. The molecule has 5 nitrogen and oxygen atoms in total. The van der Waals surface area contributed by atoms with Gasteiger partial charge in [0, 0.05) is 19.3 Å². The third-order valence-electron chi connectivity index (χ3n) is 3.39. The Morgan fingerprint density at radius 1 is 1.08 bits per heavy atom. The Bertz CT molecular complexity index is 749. The van der Waals surface area contributed by atoms with Crippen LogP contribution in [0.1, 0.15) is 5.56 Å². The highest BCUT2D eigenvalue weighted by Crippen LogP contribution is 2.08. The zero-order valence-electron chi connectivity index (χ0n) is 13.9. The number of carbonyl (C=O) groups excluding carboxylic acids is 1. The molecule has 0 aromatic heterocycles. The number of amides is 1. The van der Waals surface area contributed by atoms with E-state index < -0.39 is 5.82 Å². The van der Waals surface area contributed by atoms with Crippen LogP contribution in [0.5, 0.6) is 0 Å². The first-order valence-electron chi connectivity index (χ1n) is 7.82. The molecule has 0 bridgehead atoms. The second-order valence-electron chi connectivity index (χ2n) is 5.25. The molecule has 3 N–H and O–H groups in total. The molecule has 0 aliphatic carbocycles. The summed E-state index contributed by atoms with van der Waals surface area (Å²) in [7, 11) is 1.57. The smallest absolute Gasteiger partial charge is 0.243 e. The average Bonchev–Trinajstić information content (AvgIpc) is 2.59. The van der Waals surface area contributed by atoms with Crippen molar-refractivity contribution in [1.82, 2.24) is 10.6 Å².